The van der Waals surface area contributed by atoms with E-state index in [-0.39, 0.29) is 23.4 Å². The van der Waals surface area contributed by atoms with Gasteiger partial charge in [-0.1, -0.05) is 18.2 Å². The van der Waals surface area contributed by atoms with Gasteiger partial charge in [-0.15, -0.1) is 0 Å². The molecule has 0 radical (unpaired) electrons. The van der Waals surface area contributed by atoms with Crippen LogP contribution in [-0.2, 0) is 16.0 Å². The molecule has 2 fully saturated rings. The number of nitrogens with one attached hydrogen (secondary N) is 3. The second-order valence-electron chi connectivity index (χ2n) is 8.17. The third-order valence-electron chi connectivity index (χ3n) is 5.91. The molecule has 29 heavy (non-hydrogen) atoms. The molecule has 1 unspecified atom stereocenters. The van der Waals surface area contributed by atoms with Crippen molar-refractivity contribution in [1.29, 1.82) is 0 Å². The predicted molar refractivity (Wildman–Crippen MR) is 109 cm³/mol. The lowest BCUT2D eigenvalue weighted by Crippen LogP contribution is -2.56. The molecule has 0 spiro atoms. The summed E-state index contributed by atoms with van der Waals surface area (Å²) in [6.07, 6.45) is 3.48. The predicted octanol–water partition coefficient (Wildman–Crippen LogP) is 1.23. The smallest absolute Gasteiger partial charge is 0.317 e. The molecule has 3 N–H and O–H groups in total. The van der Waals surface area contributed by atoms with Gasteiger partial charge in [0.05, 0.1) is 12.0 Å². The molecule has 0 saturated carbocycles. The highest BCUT2D eigenvalue weighted by atomic mass is 16.2. The van der Waals surface area contributed by atoms with Crippen molar-refractivity contribution in [3.63, 3.8) is 0 Å². The highest BCUT2D eigenvalue weighted by Gasteiger charge is 2.34. The second kappa shape index (κ2) is 7.77. The number of carbonyl (C=O) groups excluding carboxylic acids is 3. The molecule has 1 aromatic heterocycles. The van der Waals surface area contributed by atoms with Gasteiger partial charge in [0, 0.05) is 56.2 Å². The number of piperazine rings is 1. The van der Waals surface area contributed by atoms with Crippen molar-refractivity contribution in [1.82, 2.24) is 25.4 Å². The summed E-state index contributed by atoms with van der Waals surface area (Å²) in [4.78, 5) is 43.3. The fraction of sp³-hybridized carbons (Fsp3) is 0.476. The Kier molecular flexibility index (Phi) is 5.17. The van der Waals surface area contributed by atoms with Gasteiger partial charge in [-0.05, 0) is 25.0 Å². The Balaban J connectivity index is 1.26. The number of urea groups is 1. The number of fused-ring (bicyclic) bond motifs is 1. The number of benzene rings is 1. The maximum Gasteiger partial charge on any atom is 0.317 e. The van der Waals surface area contributed by atoms with E-state index >= 15 is 0 Å². The number of amides is 4. The maximum atomic E-state index is 12.7. The van der Waals surface area contributed by atoms with Crippen LogP contribution in [0.3, 0.4) is 0 Å². The van der Waals surface area contributed by atoms with Crippen LogP contribution in [-0.4, -0.2) is 70.9 Å². The molecule has 2 saturated heterocycles. The summed E-state index contributed by atoms with van der Waals surface area (Å²) >= 11 is 0. The van der Waals surface area contributed by atoms with E-state index in [0.717, 1.165) is 22.9 Å². The Labute approximate surface area is 169 Å². The van der Waals surface area contributed by atoms with E-state index in [0.29, 0.717) is 45.6 Å². The van der Waals surface area contributed by atoms with Crippen LogP contribution in [0.2, 0.25) is 0 Å². The van der Waals surface area contributed by atoms with E-state index in [2.05, 4.69) is 15.6 Å². The molecule has 3 heterocycles. The molecule has 0 bridgehead atoms. The van der Waals surface area contributed by atoms with Crippen molar-refractivity contribution in [3.8, 4) is 0 Å². The number of aromatic nitrogens is 1. The normalized spacial score (nSPS) is 22.0. The van der Waals surface area contributed by atoms with Crippen molar-refractivity contribution in [2.24, 2.45) is 0 Å². The Morgan fingerprint density at radius 2 is 1.86 bits per heavy atom. The van der Waals surface area contributed by atoms with Gasteiger partial charge in [0.2, 0.25) is 11.8 Å². The first kappa shape index (κ1) is 19.3. The molecular formula is C21H27N5O3. The van der Waals surface area contributed by atoms with E-state index in [1.807, 2.05) is 42.3 Å². The van der Waals surface area contributed by atoms with Crippen molar-refractivity contribution >= 4 is 28.7 Å². The van der Waals surface area contributed by atoms with Crippen LogP contribution < -0.4 is 10.6 Å². The van der Waals surface area contributed by atoms with Gasteiger partial charge in [-0.3, -0.25) is 9.59 Å². The molecule has 8 nitrogen and oxygen atoms in total. The Morgan fingerprint density at radius 1 is 1.14 bits per heavy atom. The topological polar surface area (TPSA) is 97.5 Å². The number of aromatic amines is 1. The van der Waals surface area contributed by atoms with E-state index in [4.69, 9.17) is 0 Å². The highest BCUT2D eigenvalue weighted by molar-refractivity contribution is 5.89. The third kappa shape index (κ3) is 4.21. The Hall–Kier alpha value is -3.03. The summed E-state index contributed by atoms with van der Waals surface area (Å²) < 4.78 is 0. The molecule has 2 aliphatic rings. The number of para-hydroxylation sites is 1. The number of hydrogen-bond acceptors (Lipinski definition) is 3. The van der Waals surface area contributed by atoms with E-state index in [1.165, 1.54) is 0 Å². The largest absolute Gasteiger partial charge is 0.361 e. The molecule has 1 atom stereocenters. The summed E-state index contributed by atoms with van der Waals surface area (Å²) in [6, 6.07) is 7.81. The molecule has 2 aromatic rings. The van der Waals surface area contributed by atoms with Gasteiger partial charge >= 0.3 is 6.03 Å². The number of hydrogen-bond donors (Lipinski definition) is 3. The molecular weight excluding hydrogens is 370 g/mol. The number of rotatable bonds is 4. The number of carbonyl (C=O) groups is 3. The zero-order valence-corrected chi connectivity index (χ0v) is 16.7. The quantitative estimate of drug-likeness (QED) is 0.724. The monoisotopic (exact) mass is 397 g/mol. The van der Waals surface area contributed by atoms with Gasteiger partial charge in [-0.2, -0.15) is 0 Å². The second-order valence-corrected chi connectivity index (χ2v) is 8.17. The van der Waals surface area contributed by atoms with E-state index in [9.17, 15) is 14.4 Å². The molecule has 4 rings (SSSR count). The molecule has 8 heteroatoms. The minimum Gasteiger partial charge on any atom is -0.361 e. The lowest BCUT2D eigenvalue weighted by molar-refractivity contribution is -0.131. The maximum absolute atomic E-state index is 12.7. The van der Waals surface area contributed by atoms with Crippen LogP contribution in [0.15, 0.2) is 30.5 Å². The third-order valence-corrected chi connectivity index (χ3v) is 5.91. The Bertz CT molecular complexity index is 931. The van der Waals surface area contributed by atoms with Gasteiger partial charge in [0.1, 0.15) is 0 Å². The van der Waals surface area contributed by atoms with Crippen LogP contribution in [0.5, 0.6) is 0 Å². The standard InChI is InChI=1S/C21H27N5O3/c1-21(7-6-18(27)24-21)14-23-20(29)26-10-8-25(9-11-26)19(28)12-15-13-22-17-5-3-2-4-16(15)17/h2-5,13,22H,6-12,14H2,1H3,(H,23,29)(H,24,27). The average Bonchev–Trinajstić information content (AvgIpc) is 3.29. The summed E-state index contributed by atoms with van der Waals surface area (Å²) in [5.41, 5.74) is 1.66. The molecule has 2 aliphatic heterocycles. The van der Waals surface area contributed by atoms with Crippen molar-refractivity contribution in [2.75, 3.05) is 32.7 Å². The van der Waals surface area contributed by atoms with E-state index < -0.39 is 0 Å². The summed E-state index contributed by atoms with van der Waals surface area (Å²) in [7, 11) is 0. The minimum absolute atomic E-state index is 0.0316. The fourth-order valence-electron chi connectivity index (χ4n) is 4.08. The summed E-state index contributed by atoms with van der Waals surface area (Å²) in [6.45, 7) is 4.44. The zero-order chi connectivity index (χ0) is 20.4. The number of nitrogens with zero attached hydrogens (tertiary/aromatic N) is 2. The lowest BCUT2D eigenvalue weighted by Gasteiger charge is -2.35. The van der Waals surface area contributed by atoms with Gasteiger partial charge < -0.3 is 25.4 Å². The number of H-pyrrole nitrogens is 1. The first-order chi connectivity index (χ1) is 13.9. The SMILES string of the molecule is CC1(CNC(=O)N2CCN(C(=O)Cc3c[nH]c4ccccc34)CC2)CCC(=O)N1. The summed E-state index contributed by atoms with van der Waals surface area (Å²) in [5, 5.41) is 6.91. The van der Waals surface area contributed by atoms with Crippen LogP contribution in [0.25, 0.3) is 10.9 Å². The molecule has 1 aromatic carbocycles. The van der Waals surface area contributed by atoms with Crippen molar-refractivity contribution in [2.45, 2.75) is 31.7 Å². The first-order valence-corrected chi connectivity index (χ1v) is 10.1. The van der Waals surface area contributed by atoms with Crippen molar-refractivity contribution < 1.29 is 14.4 Å². The van der Waals surface area contributed by atoms with Gasteiger partial charge in [0.15, 0.2) is 0 Å². The van der Waals surface area contributed by atoms with Crippen LogP contribution in [0.1, 0.15) is 25.3 Å². The molecule has 154 valence electrons. The zero-order valence-electron chi connectivity index (χ0n) is 16.7. The average molecular weight is 397 g/mol. The van der Waals surface area contributed by atoms with Gasteiger partial charge in [0.25, 0.3) is 0 Å². The van der Waals surface area contributed by atoms with Crippen LogP contribution in [0, 0.1) is 0 Å². The molecule has 4 amide bonds. The first-order valence-electron chi connectivity index (χ1n) is 10.1. The summed E-state index contributed by atoms with van der Waals surface area (Å²) in [5.74, 6) is 0.111. The fourth-order valence-corrected chi connectivity index (χ4v) is 4.08. The highest BCUT2D eigenvalue weighted by Crippen LogP contribution is 2.20. The van der Waals surface area contributed by atoms with Gasteiger partial charge in [-0.25, -0.2) is 4.79 Å². The van der Waals surface area contributed by atoms with E-state index in [1.54, 1.807) is 4.90 Å². The van der Waals surface area contributed by atoms with Crippen molar-refractivity contribution in [3.05, 3.63) is 36.0 Å². The van der Waals surface area contributed by atoms with Crippen LogP contribution >= 0.6 is 0 Å². The minimum atomic E-state index is -0.371. The lowest BCUT2D eigenvalue weighted by atomic mass is 10.0. The molecule has 0 aliphatic carbocycles. The Morgan fingerprint density at radius 3 is 2.59 bits per heavy atom. The van der Waals surface area contributed by atoms with Crippen LogP contribution in [0.4, 0.5) is 4.79 Å².